The summed E-state index contributed by atoms with van der Waals surface area (Å²) in [5, 5.41) is 6.79. The Morgan fingerprint density at radius 1 is 1.21 bits per heavy atom. The number of carbonyl (C=O) groups excluding carboxylic acids is 2. The Bertz CT molecular complexity index is 1130. The maximum absolute atomic E-state index is 12.7. The predicted molar refractivity (Wildman–Crippen MR) is 122 cm³/mol. The number of aromatic nitrogens is 4. The van der Waals surface area contributed by atoms with Crippen molar-refractivity contribution in [1.29, 1.82) is 0 Å². The average Bonchev–Trinajstić information content (AvgIpc) is 3.48. The molecule has 1 aromatic carbocycles. The van der Waals surface area contributed by atoms with Gasteiger partial charge >= 0.3 is 0 Å². The Kier molecular flexibility index (Phi) is 6.76. The number of aryl methyl sites for hydroxylation is 2. The number of anilines is 1. The van der Waals surface area contributed by atoms with E-state index in [9.17, 15) is 9.59 Å². The maximum atomic E-state index is 12.7. The Labute approximate surface area is 192 Å². The van der Waals surface area contributed by atoms with E-state index in [0.29, 0.717) is 54.7 Å². The van der Waals surface area contributed by atoms with Crippen LogP contribution in [0.5, 0.6) is 0 Å². The molecule has 33 heavy (non-hydrogen) atoms. The highest BCUT2D eigenvalue weighted by molar-refractivity contribution is 6.04. The van der Waals surface area contributed by atoms with Crippen LogP contribution in [0.25, 0.3) is 0 Å². The first kappa shape index (κ1) is 22.6. The van der Waals surface area contributed by atoms with E-state index < -0.39 is 0 Å². The number of amides is 2. The summed E-state index contributed by atoms with van der Waals surface area (Å²) in [6.07, 6.45) is 3.12. The van der Waals surface area contributed by atoms with Crippen LogP contribution in [-0.2, 0) is 11.2 Å². The molecule has 1 N–H and O–H groups in total. The molecule has 0 spiro atoms. The van der Waals surface area contributed by atoms with Crippen LogP contribution < -0.4 is 5.32 Å². The molecule has 172 valence electrons. The second-order valence-electron chi connectivity index (χ2n) is 8.57. The fourth-order valence-electron chi connectivity index (χ4n) is 3.80. The highest BCUT2D eigenvalue weighted by Crippen LogP contribution is 2.26. The van der Waals surface area contributed by atoms with Gasteiger partial charge in [0.15, 0.2) is 5.82 Å². The van der Waals surface area contributed by atoms with E-state index in [1.807, 2.05) is 49.1 Å². The molecule has 2 aromatic heterocycles. The van der Waals surface area contributed by atoms with E-state index in [4.69, 9.17) is 4.52 Å². The van der Waals surface area contributed by atoms with Crippen molar-refractivity contribution >= 4 is 17.5 Å². The largest absolute Gasteiger partial charge is 0.342 e. The molecule has 1 fully saturated rings. The summed E-state index contributed by atoms with van der Waals surface area (Å²) in [6.45, 7) is 7.02. The SMILES string of the molecule is Cc1nc(C2CCN(C(=O)CCc3nc(C(C)C)no3)C2)ncc1C(=O)Nc1ccccc1. The molecule has 0 radical (unpaired) electrons. The smallest absolute Gasteiger partial charge is 0.259 e. The molecule has 1 aliphatic heterocycles. The van der Waals surface area contributed by atoms with Gasteiger partial charge in [0.2, 0.25) is 11.8 Å². The molecule has 9 nitrogen and oxygen atoms in total. The number of benzene rings is 1. The lowest BCUT2D eigenvalue weighted by molar-refractivity contribution is -0.130. The number of hydrogen-bond donors (Lipinski definition) is 1. The van der Waals surface area contributed by atoms with Crippen LogP contribution in [0.2, 0.25) is 0 Å². The number of para-hydroxylation sites is 1. The van der Waals surface area contributed by atoms with Crippen molar-refractivity contribution < 1.29 is 14.1 Å². The number of nitrogens with zero attached hydrogens (tertiary/aromatic N) is 5. The van der Waals surface area contributed by atoms with Crippen molar-refractivity contribution in [2.75, 3.05) is 18.4 Å². The first-order valence-electron chi connectivity index (χ1n) is 11.2. The minimum absolute atomic E-state index is 0.0508. The Hall–Kier alpha value is -3.62. The van der Waals surface area contributed by atoms with Crippen LogP contribution in [0.3, 0.4) is 0 Å². The average molecular weight is 449 g/mol. The summed E-state index contributed by atoms with van der Waals surface area (Å²) < 4.78 is 5.23. The van der Waals surface area contributed by atoms with Gasteiger partial charge in [-0.1, -0.05) is 37.2 Å². The first-order valence-corrected chi connectivity index (χ1v) is 11.2. The molecule has 9 heteroatoms. The number of likely N-dealkylation sites (tertiary alicyclic amines) is 1. The van der Waals surface area contributed by atoms with Crippen LogP contribution in [-0.4, -0.2) is 49.9 Å². The van der Waals surface area contributed by atoms with Crippen molar-refractivity contribution in [3.05, 3.63) is 65.3 Å². The zero-order valence-electron chi connectivity index (χ0n) is 19.1. The third kappa shape index (κ3) is 5.42. The Morgan fingerprint density at radius 3 is 2.70 bits per heavy atom. The fourth-order valence-corrected chi connectivity index (χ4v) is 3.80. The highest BCUT2D eigenvalue weighted by atomic mass is 16.5. The van der Waals surface area contributed by atoms with Crippen molar-refractivity contribution in [2.24, 2.45) is 0 Å². The zero-order valence-corrected chi connectivity index (χ0v) is 19.1. The summed E-state index contributed by atoms with van der Waals surface area (Å²) in [4.78, 5) is 40.4. The minimum Gasteiger partial charge on any atom is -0.342 e. The van der Waals surface area contributed by atoms with Gasteiger partial charge in [-0.05, 0) is 25.5 Å². The van der Waals surface area contributed by atoms with Crippen molar-refractivity contribution in [3.8, 4) is 0 Å². The summed E-state index contributed by atoms with van der Waals surface area (Å²) >= 11 is 0. The molecule has 3 aromatic rings. The lowest BCUT2D eigenvalue weighted by Gasteiger charge is -2.16. The molecule has 1 unspecified atom stereocenters. The van der Waals surface area contributed by atoms with Gasteiger partial charge in [-0.2, -0.15) is 4.98 Å². The van der Waals surface area contributed by atoms with E-state index in [0.717, 1.165) is 12.1 Å². The Morgan fingerprint density at radius 2 is 2.00 bits per heavy atom. The van der Waals surface area contributed by atoms with Gasteiger partial charge in [0.1, 0.15) is 5.82 Å². The molecule has 0 saturated carbocycles. The van der Waals surface area contributed by atoms with Crippen LogP contribution in [0, 0.1) is 6.92 Å². The quantitative estimate of drug-likeness (QED) is 0.588. The highest BCUT2D eigenvalue weighted by Gasteiger charge is 2.29. The molecule has 1 atom stereocenters. The van der Waals surface area contributed by atoms with Gasteiger partial charge in [-0.3, -0.25) is 9.59 Å². The topological polar surface area (TPSA) is 114 Å². The normalized spacial score (nSPS) is 15.8. The van der Waals surface area contributed by atoms with Gasteiger partial charge in [-0.25, -0.2) is 9.97 Å². The van der Waals surface area contributed by atoms with E-state index in [1.54, 1.807) is 13.1 Å². The van der Waals surface area contributed by atoms with Crippen molar-refractivity contribution in [1.82, 2.24) is 25.0 Å². The second kappa shape index (κ2) is 9.89. The summed E-state index contributed by atoms with van der Waals surface area (Å²) in [7, 11) is 0. The summed E-state index contributed by atoms with van der Waals surface area (Å²) in [5.41, 5.74) is 1.78. The van der Waals surface area contributed by atoms with Gasteiger partial charge in [0.25, 0.3) is 5.91 Å². The van der Waals surface area contributed by atoms with Crippen LogP contribution >= 0.6 is 0 Å². The molecule has 2 amide bonds. The standard InChI is InChI=1S/C24H28N6O3/c1-15(2)22-28-20(33-29-22)9-10-21(31)30-12-11-17(14-30)23-25-13-19(16(3)26-23)24(32)27-18-7-5-4-6-8-18/h4-8,13,15,17H,9-12,14H2,1-3H3,(H,27,32). The van der Waals surface area contributed by atoms with Gasteiger partial charge in [0, 0.05) is 49.7 Å². The zero-order chi connectivity index (χ0) is 23.4. The van der Waals surface area contributed by atoms with E-state index in [-0.39, 0.29) is 23.7 Å². The van der Waals surface area contributed by atoms with Crippen LogP contribution in [0.15, 0.2) is 41.1 Å². The number of rotatable bonds is 7. The molecule has 0 bridgehead atoms. The lowest BCUT2D eigenvalue weighted by Crippen LogP contribution is -2.29. The van der Waals surface area contributed by atoms with Crippen LogP contribution in [0.1, 0.15) is 72.1 Å². The third-order valence-corrected chi connectivity index (χ3v) is 5.73. The third-order valence-electron chi connectivity index (χ3n) is 5.73. The first-order chi connectivity index (χ1) is 15.9. The lowest BCUT2D eigenvalue weighted by atomic mass is 10.1. The van der Waals surface area contributed by atoms with Gasteiger partial charge in [0.05, 0.1) is 11.3 Å². The monoisotopic (exact) mass is 448 g/mol. The van der Waals surface area contributed by atoms with E-state index >= 15 is 0 Å². The van der Waals surface area contributed by atoms with Crippen molar-refractivity contribution in [2.45, 2.75) is 51.9 Å². The Balaban J connectivity index is 1.33. The van der Waals surface area contributed by atoms with E-state index in [1.165, 1.54) is 0 Å². The number of nitrogens with one attached hydrogen (secondary N) is 1. The van der Waals surface area contributed by atoms with Gasteiger partial charge < -0.3 is 14.7 Å². The summed E-state index contributed by atoms with van der Waals surface area (Å²) in [5.74, 6) is 1.87. The predicted octanol–water partition coefficient (Wildman–Crippen LogP) is 3.49. The molecule has 0 aliphatic carbocycles. The molecule has 4 rings (SSSR count). The molecule has 1 saturated heterocycles. The fraction of sp³-hybridized carbons (Fsp3) is 0.417. The number of carbonyl (C=O) groups is 2. The van der Waals surface area contributed by atoms with Crippen molar-refractivity contribution in [3.63, 3.8) is 0 Å². The molecular weight excluding hydrogens is 420 g/mol. The molecule has 3 heterocycles. The molecular formula is C24H28N6O3. The van der Waals surface area contributed by atoms with E-state index in [2.05, 4.69) is 25.4 Å². The second-order valence-corrected chi connectivity index (χ2v) is 8.57. The maximum Gasteiger partial charge on any atom is 0.259 e. The molecule has 1 aliphatic rings. The van der Waals surface area contributed by atoms with Gasteiger partial charge in [-0.15, -0.1) is 0 Å². The van der Waals surface area contributed by atoms with Crippen LogP contribution in [0.4, 0.5) is 5.69 Å². The summed E-state index contributed by atoms with van der Waals surface area (Å²) in [6, 6.07) is 9.27. The number of hydrogen-bond acceptors (Lipinski definition) is 7. The minimum atomic E-state index is -0.241.